The number of aliphatic carboxylic acids is 1. The number of aryl methyl sites for hydroxylation is 2. The Morgan fingerprint density at radius 1 is 1.26 bits per heavy atom. The minimum atomic E-state index is -4.20. The summed E-state index contributed by atoms with van der Waals surface area (Å²) in [5, 5.41) is 8.94. The molecule has 5 atom stereocenters. The van der Waals surface area contributed by atoms with Crippen molar-refractivity contribution >= 4 is 5.97 Å². The molecule has 1 saturated carbocycles. The van der Waals surface area contributed by atoms with Gasteiger partial charge in [0.1, 0.15) is 5.75 Å². The van der Waals surface area contributed by atoms with E-state index in [1.807, 2.05) is 25.1 Å². The number of hydrogen-bond donors (Lipinski definition) is 1. The molecule has 0 spiro atoms. The van der Waals surface area contributed by atoms with E-state index in [0.29, 0.717) is 24.9 Å². The molecule has 1 saturated heterocycles. The van der Waals surface area contributed by atoms with Gasteiger partial charge < -0.3 is 14.6 Å². The van der Waals surface area contributed by atoms with Crippen LogP contribution in [0, 0.1) is 17.8 Å². The highest BCUT2D eigenvalue weighted by atomic mass is 19.4. The van der Waals surface area contributed by atoms with Gasteiger partial charge in [0, 0.05) is 12.3 Å². The first kappa shape index (κ1) is 24.8. The molecule has 0 radical (unpaired) electrons. The number of carboxylic acids is 1. The maximum Gasteiger partial charge on any atom is 0.395 e. The molecule has 1 N–H and O–H groups in total. The fourth-order valence-electron chi connectivity index (χ4n) is 5.69. The van der Waals surface area contributed by atoms with Gasteiger partial charge in [0.15, 0.2) is 0 Å². The van der Waals surface area contributed by atoms with E-state index < -0.39 is 23.7 Å². The lowest BCUT2D eigenvalue weighted by molar-refractivity contribution is -0.160. The summed E-state index contributed by atoms with van der Waals surface area (Å²) in [5.41, 5.74) is 2.63. The standard InChI is InChI=1S/C27H33F3O4/c1-3-17-15-21(11-5-18(17)6-12-25(31)32)33-14-13-22-23-16-26(23,34-24(22)4-2)19-7-9-20(10-8-19)27(28,29)30/h5,7-9,11,15,20,22-24H,3-4,6,10,12-14,16H2,1-2H3,(H,31,32)/t20-,22?,23?,24?,26?/m1/s1. The van der Waals surface area contributed by atoms with E-state index in [2.05, 4.69) is 6.92 Å². The van der Waals surface area contributed by atoms with Crippen molar-refractivity contribution in [2.75, 3.05) is 6.61 Å². The monoisotopic (exact) mass is 478 g/mol. The second-order valence-electron chi connectivity index (χ2n) is 9.65. The number of halogens is 3. The van der Waals surface area contributed by atoms with Gasteiger partial charge in [0.2, 0.25) is 0 Å². The summed E-state index contributed by atoms with van der Waals surface area (Å²) >= 11 is 0. The minimum Gasteiger partial charge on any atom is -0.494 e. The predicted octanol–water partition coefficient (Wildman–Crippen LogP) is 6.28. The summed E-state index contributed by atoms with van der Waals surface area (Å²) in [4.78, 5) is 10.9. The highest BCUT2D eigenvalue weighted by Crippen LogP contribution is 2.65. The first-order chi connectivity index (χ1) is 16.2. The second kappa shape index (κ2) is 9.76. The average Bonchev–Trinajstić information content (AvgIpc) is 3.46. The lowest BCUT2D eigenvalue weighted by atomic mass is 9.89. The summed E-state index contributed by atoms with van der Waals surface area (Å²) in [7, 11) is 0. The Morgan fingerprint density at radius 2 is 2.06 bits per heavy atom. The fourth-order valence-corrected chi connectivity index (χ4v) is 5.69. The van der Waals surface area contributed by atoms with E-state index in [1.165, 1.54) is 6.08 Å². The van der Waals surface area contributed by atoms with Crippen molar-refractivity contribution in [3.63, 3.8) is 0 Å². The quantitative estimate of drug-likeness (QED) is 0.430. The van der Waals surface area contributed by atoms with Crippen LogP contribution in [-0.4, -0.2) is 35.6 Å². The Kier molecular flexibility index (Phi) is 7.13. The largest absolute Gasteiger partial charge is 0.494 e. The van der Waals surface area contributed by atoms with Gasteiger partial charge >= 0.3 is 12.1 Å². The molecule has 1 heterocycles. The van der Waals surface area contributed by atoms with Crippen LogP contribution in [0.5, 0.6) is 5.75 Å². The number of rotatable bonds is 10. The van der Waals surface area contributed by atoms with E-state index in [1.54, 1.807) is 12.2 Å². The zero-order valence-electron chi connectivity index (χ0n) is 19.7. The van der Waals surface area contributed by atoms with Crippen LogP contribution in [-0.2, 0) is 22.4 Å². The van der Waals surface area contributed by atoms with Gasteiger partial charge in [0.25, 0.3) is 0 Å². The molecular formula is C27H33F3O4. The van der Waals surface area contributed by atoms with E-state index in [9.17, 15) is 18.0 Å². The highest BCUT2D eigenvalue weighted by Gasteiger charge is 2.67. The molecule has 0 amide bonds. The number of carbonyl (C=O) groups is 1. The highest BCUT2D eigenvalue weighted by molar-refractivity contribution is 5.67. The third-order valence-corrected chi connectivity index (χ3v) is 7.62. The molecule has 34 heavy (non-hydrogen) atoms. The number of alkyl halides is 3. The van der Waals surface area contributed by atoms with Gasteiger partial charge in [-0.1, -0.05) is 38.1 Å². The van der Waals surface area contributed by atoms with Crippen molar-refractivity contribution in [1.82, 2.24) is 0 Å². The molecule has 1 aliphatic heterocycles. The Morgan fingerprint density at radius 3 is 2.68 bits per heavy atom. The summed E-state index contributed by atoms with van der Waals surface area (Å²) in [6.07, 6.45) is 4.49. The molecule has 186 valence electrons. The third-order valence-electron chi connectivity index (χ3n) is 7.62. The molecule has 2 aliphatic carbocycles. The maximum atomic E-state index is 13.0. The zero-order valence-corrected chi connectivity index (χ0v) is 19.7. The molecule has 3 aliphatic rings. The van der Waals surface area contributed by atoms with Gasteiger partial charge in [-0.2, -0.15) is 13.2 Å². The van der Waals surface area contributed by atoms with Crippen molar-refractivity contribution in [3.8, 4) is 5.75 Å². The van der Waals surface area contributed by atoms with Crippen molar-refractivity contribution in [3.05, 3.63) is 53.1 Å². The van der Waals surface area contributed by atoms with E-state index in [-0.39, 0.29) is 18.9 Å². The van der Waals surface area contributed by atoms with Gasteiger partial charge in [-0.05, 0) is 73.3 Å². The van der Waals surface area contributed by atoms with Crippen LogP contribution in [0.3, 0.4) is 0 Å². The summed E-state index contributed by atoms with van der Waals surface area (Å²) in [6.45, 7) is 4.67. The molecule has 1 aromatic rings. The van der Waals surface area contributed by atoms with Crippen LogP contribution in [0.4, 0.5) is 13.2 Å². The SMILES string of the molecule is CCc1cc(OCCC2C(CC)OC3(C4=CC[C@H](C(F)(F)F)C=C4)CC23)ccc1CCC(=O)O. The Labute approximate surface area is 198 Å². The smallest absolute Gasteiger partial charge is 0.395 e. The first-order valence-electron chi connectivity index (χ1n) is 12.3. The lowest BCUT2D eigenvalue weighted by Crippen LogP contribution is -2.25. The first-order valence-corrected chi connectivity index (χ1v) is 12.3. The number of allylic oxidation sites excluding steroid dienone is 2. The second-order valence-corrected chi connectivity index (χ2v) is 9.65. The van der Waals surface area contributed by atoms with Crippen LogP contribution in [0.25, 0.3) is 0 Å². The molecule has 0 bridgehead atoms. The Hall–Kier alpha value is -2.28. The summed E-state index contributed by atoms with van der Waals surface area (Å²) in [5.74, 6) is -0.784. The van der Waals surface area contributed by atoms with E-state index in [4.69, 9.17) is 14.6 Å². The van der Waals surface area contributed by atoms with Crippen LogP contribution < -0.4 is 4.74 Å². The van der Waals surface area contributed by atoms with Crippen LogP contribution in [0.2, 0.25) is 0 Å². The van der Waals surface area contributed by atoms with Gasteiger partial charge in [0.05, 0.1) is 24.2 Å². The van der Waals surface area contributed by atoms with Crippen molar-refractivity contribution in [2.45, 2.75) is 76.7 Å². The average molecular weight is 479 g/mol. The van der Waals surface area contributed by atoms with Crippen molar-refractivity contribution in [2.24, 2.45) is 17.8 Å². The maximum absolute atomic E-state index is 13.0. The van der Waals surface area contributed by atoms with Gasteiger partial charge in [-0.25, -0.2) is 0 Å². The van der Waals surface area contributed by atoms with Gasteiger partial charge in [-0.15, -0.1) is 0 Å². The van der Waals surface area contributed by atoms with Crippen molar-refractivity contribution < 1.29 is 32.5 Å². The fraction of sp³-hybridized carbons (Fsp3) is 0.593. The van der Waals surface area contributed by atoms with E-state index in [0.717, 1.165) is 48.1 Å². The number of hydrogen-bond acceptors (Lipinski definition) is 3. The number of fused-ring (bicyclic) bond motifs is 1. The summed E-state index contributed by atoms with van der Waals surface area (Å²) in [6, 6.07) is 5.84. The molecule has 4 unspecified atom stereocenters. The number of ether oxygens (including phenoxy) is 2. The molecular weight excluding hydrogens is 445 g/mol. The molecule has 1 aromatic carbocycles. The van der Waals surface area contributed by atoms with Gasteiger partial charge in [-0.3, -0.25) is 4.79 Å². The topological polar surface area (TPSA) is 55.8 Å². The third kappa shape index (κ3) is 5.04. The van der Waals surface area contributed by atoms with Crippen molar-refractivity contribution in [1.29, 1.82) is 0 Å². The molecule has 7 heteroatoms. The van der Waals surface area contributed by atoms with E-state index >= 15 is 0 Å². The number of carboxylic acid groups (broad SMARTS) is 1. The minimum absolute atomic E-state index is 0.0139. The molecule has 0 aromatic heterocycles. The predicted molar refractivity (Wildman–Crippen MR) is 123 cm³/mol. The normalized spacial score (nSPS) is 30.1. The molecule has 2 fully saturated rings. The molecule has 4 nitrogen and oxygen atoms in total. The summed E-state index contributed by atoms with van der Waals surface area (Å²) < 4.78 is 51.5. The Bertz CT molecular complexity index is 967. The number of benzene rings is 1. The Balaban J connectivity index is 1.34. The van der Waals surface area contributed by atoms with Crippen LogP contribution in [0.15, 0.2) is 42.0 Å². The lowest BCUT2D eigenvalue weighted by Gasteiger charge is -2.25. The zero-order chi connectivity index (χ0) is 24.5. The van der Waals surface area contributed by atoms with Crippen LogP contribution >= 0.6 is 0 Å². The molecule has 4 rings (SSSR count). The van der Waals surface area contributed by atoms with Crippen LogP contribution in [0.1, 0.15) is 57.1 Å².